The Morgan fingerprint density at radius 1 is 0.359 bits per heavy atom. The Bertz CT molecular complexity index is 4010. The second-order valence-electron chi connectivity index (χ2n) is 33.9. The summed E-state index contributed by atoms with van der Waals surface area (Å²) >= 11 is 0. The lowest BCUT2D eigenvalue weighted by atomic mass is 9.99. The number of carbonyl (C=O) groups excluding carboxylic acids is 17. The summed E-state index contributed by atoms with van der Waals surface area (Å²) in [5, 5.41) is 62.9. The van der Waals surface area contributed by atoms with Crippen LogP contribution in [0.15, 0.2) is 9.98 Å². The number of aliphatic imine (C=N–C) groups is 2. The van der Waals surface area contributed by atoms with Crippen molar-refractivity contribution in [2.45, 2.75) is 300 Å². The van der Waals surface area contributed by atoms with Crippen LogP contribution in [-0.4, -0.2) is 324 Å². The van der Waals surface area contributed by atoms with Gasteiger partial charge in [-0.05, 0) is 154 Å². The van der Waals surface area contributed by atoms with Gasteiger partial charge in [0.1, 0.15) is 90.6 Å². The molecule has 5 fully saturated rings. The quantitative estimate of drug-likeness (QED) is 0.0153. The van der Waals surface area contributed by atoms with Gasteiger partial charge in [-0.1, -0.05) is 41.5 Å². The topological polar surface area (TPSA) is 766 Å². The highest BCUT2D eigenvalue weighted by Gasteiger charge is 2.48. The van der Waals surface area contributed by atoms with Gasteiger partial charge in [0.15, 0.2) is 11.9 Å². The van der Waals surface area contributed by atoms with Crippen molar-refractivity contribution in [1.29, 1.82) is 0 Å². The van der Waals surface area contributed by atoms with Crippen LogP contribution in [0.3, 0.4) is 0 Å². The van der Waals surface area contributed by atoms with E-state index in [4.69, 9.17) is 50.0 Å². The van der Waals surface area contributed by atoms with E-state index >= 15 is 0 Å². The third-order valence-electron chi connectivity index (χ3n) is 21.9. The molecule has 5 saturated heterocycles. The van der Waals surface area contributed by atoms with Crippen molar-refractivity contribution < 1.29 is 116 Å². The molecule has 48 heteroatoms. The van der Waals surface area contributed by atoms with Crippen LogP contribution in [-0.2, 0) is 95.9 Å². The molecule has 5 heterocycles. The van der Waals surface area contributed by atoms with Crippen LogP contribution < -0.4 is 93.3 Å². The maximum atomic E-state index is 14.6. The van der Waals surface area contributed by atoms with Crippen LogP contribution in [0.25, 0.3) is 0 Å². The van der Waals surface area contributed by atoms with E-state index in [1.165, 1.54) is 23.6 Å². The molecule has 0 radical (unpaired) electrons. The van der Waals surface area contributed by atoms with E-state index in [0.717, 1.165) is 21.6 Å². The number of nitrogens with two attached hydrogens (primary N) is 7. The maximum absolute atomic E-state index is 14.6. The van der Waals surface area contributed by atoms with E-state index in [1.807, 2.05) is 13.8 Å². The molecule has 48 nitrogen and oxygen atoms in total. The van der Waals surface area contributed by atoms with Crippen LogP contribution >= 0.6 is 0 Å². The Hall–Kier alpha value is -12.1. The molecule has 0 saturated carbocycles. The predicted molar refractivity (Wildman–Crippen MR) is 458 cm³/mol. The Morgan fingerprint density at radius 2 is 0.703 bits per heavy atom. The molecule has 5 rings (SSSR count). The largest absolute Gasteiger partial charge is 0.481 e. The van der Waals surface area contributed by atoms with Gasteiger partial charge >= 0.3 is 11.9 Å². The Morgan fingerprint density at radius 3 is 1.15 bits per heavy atom. The van der Waals surface area contributed by atoms with Crippen molar-refractivity contribution >= 4 is 130 Å². The molecule has 28 N–H and O–H groups in total. The molecule has 5 aliphatic rings. The molecule has 0 aliphatic carbocycles. The van der Waals surface area contributed by atoms with Crippen molar-refractivity contribution in [2.75, 3.05) is 52.4 Å². The standard InChI is InChI=1S/C78H130N24O22.C2H4O2/c1-39(2)34-44(79)62(109)91-48(24-26-60(106)107)66(113)96-51(37-59(81)105)73(120)99-30-12-20-55(99)70(117)97-52(38-103)74(121)100-31-13-19-54(100)69(116)93-47(23-25-58(80)104)63(110)89-43(8)71(118)98-29-11-18-53(98)68(115)88-42(7)61(108)90-45(16-9-27-86-77(82)83)64(111)92-46(17-10-28-87-78(84)85)65(112)94-49(35-40(3)4)67(114)95-50(36-41(5)6)72(119)101-32-14-21-56(101)75(122)102-33-15-22-57(102)76(123)124;1-2(3)4/h39-57,103H,9-38,79H2,1-8H3,(H2,80,104)(H2,81,105)(H,88,115)(H,89,110)(H,90,108)(H,91,109)(H,92,111)(H,93,116)(H,94,112)(H,95,114)(H,96,113)(H,97,117)(H,106,107)(H,123,124)(H4,82,83,86)(H4,84,85,87);1H3,(H,3,4)/t42-,43-,44-,45-,46-,47-,48-,49-,50-,51-,52-,53-,54-,55-,56-,57-;/m0./s1. The Labute approximate surface area is 741 Å². The summed E-state index contributed by atoms with van der Waals surface area (Å²) in [6.45, 7) is 13.5. The SMILES string of the molecule is CC(=O)O.CC(C)C[C@H](NC(=O)[C@H](CCCN=C(N)N)NC(=O)[C@H](CCCN=C(N)N)NC(=O)[C@H](C)NC(=O)[C@@H]1CCCN1C(=O)[C@H](C)NC(=O)[C@H](CCC(N)=O)NC(=O)[C@@H]1CCCN1C(=O)[C@H](CO)NC(=O)[C@@H]1CCCN1C(=O)[C@H](CC(N)=O)NC(=O)[C@H](CCC(=O)O)NC(=O)[C@@H](N)CC(C)C)C(=O)N[C@@H](CC(C)C)C(=O)N1CCC[C@H]1C(=O)N1CCC[C@H]1C(=O)O. The van der Waals surface area contributed by atoms with Gasteiger partial charge < -0.3 is 138 Å². The van der Waals surface area contributed by atoms with Gasteiger partial charge in [0.05, 0.1) is 19.1 Å². The molecule has 17 amide bonds. The van der Waals surface area contributed by atoms with Crippen LogP contribution in [0.5, 0.6) is 0 Å². The van der Waals surface area contributed by atoms with Gasteiger partial charge in [0, 0.05) is 65.6 Å². The summed E-state index contributed by atoms with van der Waals surface area (Å²) in [6.07, 6.45) is -0.440. The average molecular weight is 1820 g/mol. The van der Waals surface area contributed by atoms with Gasteiger partial charge in [0.25, 0.3) is 5.97 Å². The van der Waals surface area contributed by atoms with Crippen LogP contribution in [0, 0.1) is 17.8 Å². The van der Waals surface area contributed by atoms with Gasteiger partial charge in [-0.15, -0.1) is 0 Å². The molecule has 0 aromatic carbocycles. The molecule has 0 unspecified atom stereocenters. The summed E-state index contributed by atoms with van der Waals surface area (Å²) < 4.78 is 0. The maximum Gasteiger partial charge on any atom is 0.326 e. The number of guanidine groups is 2. The minimum absolute atomic E-state index is 0.0156. The monoisotopic (exact) mass is 1820 g/mol. The predicted octanol–water partition coefficient (Wildman–Crippen LogP) is -7.42. The molecule has 0 spiro atoms. The van der Waals surface area contributed by atoms with Gasteiger partial charge in [-0.3, -0.25) is 101 Å². The number of hydrogen-bond donors (Lipinski definition) is 21. The van der Waals surface area contributed by atoms with Crippen molar-refractivity contribution in [1.82, 2.24) is 77.7 Å². The molecule has 128 heavy (non-hydrogen) atoms. The number of likely N-dealkylation sites (tertiary alicyclic amines) is 5. The highest BCUT2D eigenvalue weighted by Crippen LogP contribution is 2.29. The fourth-order valence-electron chi connectivity index (χ4n) is 15.7. The molecular weight excluding hydrogens is 1680 g/mol. The first-order valence-corrected chi connectivity index (χ1v) is 43.3. The normalized spacial score (nSPS) is 19.7. The number of carboxylic acids is 3. The molecule has 0 aromatic rings. The van der Waals surface area contributed by atoms with E-state index in [2.05, 4.69) is 63.2 Å². The number of carboxylic acid groups (broad SMARTS) is 3. The van der Waals surface area contributed by atoms with Crippen LogP contribution in [0.4, 0.5) is 0 Å². The highest BCUT2D eigenvalue weighted by atomic mass is 16.4. The fraction of sp³-hybridized carbons (Fsp3) is 0.725. The zero-order valence-corrected chi connectivity index (χ0v) is 74.3. The number of aliphatic hydroxyl groups is 1. The van der Waals surface area contributed by atoms with Crippen molar-refractivity contribution in [2.24, 2.45) is 67.9 Å². The van der Waals surface area contributed by atoms with Crippen LogP contribution in [0.2, 0.25) is 0 Å². The number of aliphatic hydroxyl groups excluding tert-OH is 1. The van der Waals surface area contributed by atoms with E-state index in [1.54, 1.807) is 27.7 Å². The summed E-state index contributed by atoms with van der Waals surface area (Å²) in [6, 6.07) is -22.0. The van der Waals surface area contributed by atoms with Crippen molar-refractivity contribution in [3.05, 3.63) is 0 Å². The smallest absolute Gasteiger partial charge is 0.326 e. The third kappa shape index (κ3) is 34.9. The number of nitrogens with one attached hydrogen (secondary N) is 10. The van der Waals surface area contributed by atoms with Crippen molar-refractivity contribution in [3.8, 4) is 0 Å². The summed E-state index contributed by atoms with van der Waals surface area (Å²) in [4.78, 5) is 284. The number of primary amides is 2. The lowest BCUT2D eigenvalue weighted by Crippen LogP contribution is -2.61. The average Bonchev–Trinajstić information content (AvgIpc) is 1.68. The van der Waals surface area contributed by atoms with Gasteiger partial charge in [0.2, 0.25) is 100 Å². The number of carbonyl (C=O) groups is 20. The summed E-state index contributed by atoms with van der Waals surface area (Å²) in [7, 11) is 0. The minimum atomic E-state index is -1.75. The molecule has 0 aromatic heterocycles. The molecule has 5 aliphatic heterocycles. The summed E-state index contributed by atoms with van der Waals surface area (Å²) in [5.41, 5.74) is 39.3. The van der Waals surface area contributed by atoms with E-state index in [-0.39, 0.29) is 172 Å². The molecular formula is C80H134N24O24. The Balaban J connectivity index is 0.00000839. The van der Waals surface area contributed by atoms with E-state index < -0.39 is 254 Å². The first-order valence-electron chi connectivity index (χ1n) is 43.3. The van der Waals surface area contributed by atoms with Crippen LogP contribution in [0.1, 0.15) is 204 Å². The van der Waals surface area contributed by atoms with Crippen molar-refractivity contribution in [3.63, 3.8) is 0 Å². The second kappa shape index (κ2) is 52.8. The zero-order chi connectivity index (χ0) is 96.3. The Kier molecular flexibility index (Phi) is 44.7. The molecule has 16 atom stereocenters. The highest BCUT2D eigenvalue weighted by molar-refractivity contribution is 6.02. The number of amides is 17. The lowest BCUT2D eigenvalue weighted by Gasteiger charge is -2.33. The number of hydrogen-bond acceptors (Lipinski definition) is 24. The number of aliphatic carboxylic acids is 3. The van der Waals surface area contributed by atoms with E-state index in [0.29, 0.717) is 12.8 Å². The first-order chi connectivity index (χ1) is 60.1. The van der Waals surface area contributed by atoms with Gasteiger partial charge in [-0.25, -0.2) is 4.79 Å². The third-order valence-corrected chi connectivity index (χ3v) is 21.9. The van der Waals surface area contributed by atoms with Gasteiger partial charge in [-0.2, -0.15) is 0 Å². The summed E-state index contributed by atoms with van der Waals surface area (Å²) in [5.74, 6) is -19.2. The number of nitrogens with zero attached hydrogens (tertiary/aromatic N) is 7. The molecule has 718 valence electrons. The number of rotatable bonds is 49. The molecule has 0 bridgehead atoms. The lowest BCUT2D eigenvalue weighted by molar-refractivity contribution is -0.152. The van der Waals surface area contributed by atoms with E-state index in [9.17, 15) is 106 Å². The second-order valence-corrected chi connectivity index (χ2v) is 33.9. The zero-order valence-electron chi connectivity index (χ0n) is 74.3. The minimum Gasteiger partial charge on any atom is -0.481 e. The fourth-order valence-corrected chi connectivity index (χ4v) is 15.7. The first kappa shape index (κ1) is 108.